The van der Waals surface area contributed by atoms with Gasteiger partial charge in [-0.1, -0.05) is 13.0 Å². The van der Waals surface area contributed by atoms with Crippen LogP contribution in [0, 0.1) is 0 Å². The summed E-state index contributed by atoms with van der Waals surface area (Å²) in [6.45, 7) is 3.91. The fraction of sp³-hybridized carbons (Fsp3) is 0.429. The first kappa shape index (κ1) is 8.08. The summed E-state index contributed by atoms with van der Waals surface area (Å²) < 4.78 is 0. The zero-order chi connectivity index (χ0) is 6.95. The number of rotatable bonds is 3. The minimum atomic E-state index is 1.04. The summed E-state index contributed by atoms with van der Waals surface area (Å²) in [4.78, 5) is 0. The molecule has 0 heterocycles. The SMILES string of the molecule is C/C=N/N=C/C=CCC. The zero-order valence-electron chi connectivity index (χ0n) is 5.91. The Balaban J connectivity index is 3.35. The van der Waals surface area contributed by atoms with E-state index in [0.29, 0.717) is 0 Å². The van der Waals surface area contributed by atoms with Gasteiger partial charge in [-0.05, 0) is 19.4 Å². The van der Waals surface area contributed by atoms with Crippen LogP contribution in [0.1, 0.15) is 20.3 Å². The summed E-state index contributed by atoms with van der Waals surface area (Å²) in [5.74, 6) is 0. The molecule has 2 heteroatoms. The molecule has 0 aliphatic rings. The van der Waals surface area contributed by atoms with Crippen molar-refractivity contribution in [2.75, 3.05) is 0 Å². The van der Waals surface area contributed by atoms with Gasteiger partial charge in [0.2, 0.25) is 0 Å². The predicted molar refractivity (Wildman–Crippen MR) is 42.1 cm³/mol. The van der Waals surface area contributed by atoms with Crippen molar-refractivity contribution in [2.45, 2.75) is 20.3 Å². The monoisotopic (exact) mass is 124 g/mol. The van der Waals surface area contributed by atoms with Crippen LogP contribution in [0.15, 0.2) is 22.4 Å². The highest BCUT2D eigenvalue weighted by Gasteiger charge is 1.61. The third-order valence-corrected chi connectivity index (χ3v) is 0.707. The third kappa shape index (κ3) is 7.08. The van der Waals surface area contributed by atoms with Crippen molar-refractivity contribution in [3.63, 3.8) is 0 Å². The summed E-state index contributed by atoms with van der Waals surface area (Å²) in [6.07, 6.45) is 8.27. The predicted octanol–water partition coefficient (Wildman–Crippen LogP) is 2.03. The second kappa shape index (κ2) is 7.08. The number of hydrogen-bond acceptors (Lipinski definition) is 2. The Morgan fingerprint density at radius 2 is 2.11 bits per heavy atom. The first-order valence-corrected chi connectivity index (χ1v) is 3.08. The maximum absolute atomic E-state index is 3.68. The molecule has 0 N–H and O–H groups in total. The van der Waals surface area contributed by atoms with Crippen LogP contribution in [0.2, 0.25) is 0 Å². The Kier molecular flexibility index (Phi) is 6.36. The maximum atomic E-state index is 3.68. The molecule has 0 aliphatic heterocycles. The zero-order valence-corrected chi connectivity index (χ0v) is 5.91. The summed E-state index contributed by atoms with van der Waals surface area (Å²) in [5, 5.41) is 7.32. The van der Waals surface area contributed by atoms with Gasteiger partial charge in [0.15, 0.2) is 0 Å². The van der Waals surface area contributed by atoms with Gasteiger partial charge in [0.1, 0.15) is 0 Å². The Morgan fingerprint density at radius 3 is 2.67 bits per heavy atom. The normalized spacial score (nSPS) is 12.7. The van der Waals surface area contributed by atoms with Crippen molar-refractivity contribution in [2.24, 2.45) is 10.2 Å². The summed E-state index contributed by atoms with van der Waals surface area (Å²) >= 11 is 0. The molecular weight excluding hydrogens is 112 g/mol. The third-order valence-electron chi connectivity index (χ3n) is 0.707. The summed E-state index contributed by atoms with van der Waals surface area (Å²) in [5.41, 5.74) is 0. The van der Waals surface area contributed by atoms with Gasteiger partial charge in [0.25, 0.3) is 0 Å². The molecule has 0 aromatic heterocycles. The highest BCUT2D eigenvalue weighted by atomic mass is 15.2. The van der Waals surface area contributed by atoms with E-state index in [4.69, 9.17) is 0 Å². The van der Waals surface area contributed by atoms with Crippen LogP contribution in [0.25, 0.3) is 0 Å². The molecule has 0 saturated carbocycles. The van der Waals surface area contributed by atoms with E-state index in [2.05, 4.69) is 17.1 Å². The molecule has 0 amide bonds. The van der Waals surface area contributed by atoms with Crippen molar-refractivity contribution in [3.05, 3.63) is 12.2 Å². The van der Waals surface area contributed by atoms with Gasteiger partial charge in [-0.3, -0.25) is 0 Å². The van der Waals surface area contributed by atoms with Crippen molar-refractivity contribution in [1.82, 2.24) is 0 Å². The van der Waals surface area contributed by atoms with Crippen LogP contribution < -0.4 is 0 Å². The topological polar surface area (TPSA) is 24.7 Å². The fourth-order valence-electron chi connectivity index (χ4n) is 0.341. The molecule has 0 aromatic rings. The quantitative estimate of drug-likeness (QED) is 0.406. The van der Waals surface area contributed by atoms with Crippen LogP contribution in [0.5, 0.6) is 0 Å². The summed E-state index contributed by atoms with van der Waals surface area (Å²) in [7, 11) is 0. The first-order valence-electron chi connectivity index (χ1n) is 3.08. The lowest BCUT2D eigenvalue weighted by molar-refractivity contribution is 1.22. The molecule has 0 radical (unpaired) electrons. The Morgan fingerprint density at radius 1 is 1.33 bits per heavy atom. The van der Waals surface area contributed by atoms with Gasteiger partial charge in [-0.2, -0.15) is 10.2 Å². The van der Waals surface area contributed by atoms with Gasteiger partial charge in [-0.15, -0.1) is 0 Å². The second-order valence-corrected chi connectivity index (χ2v) is 1.47. The first-order chi connectivity index (χ1) is 4.41. The van der Waals surface area contributed by atoms with Gasteiger partial charge < -0.3 is 0 Å². The second-order valence-electron chi connectivity index (χ2n) is 1.47. The lowest BCUT2D eigenvalue weighted by Gasteiger charge is -1.72. The Hall–Kier alpha value is -0.920. The van der Waals surface area contributed by atoms with E-state index in [1.165, 1.54) is 0 Å². The molecule has 0 atom stereocenters. The van der Waals surface area contributed by atoms with E-state index < -0.39 is 0 Å². The molecule has 2 nitrogen and oxygen atoms in total. The maximum Gasteiger partial charge on any atom is 0.0492 e. The van der Waals surface area contributed by atoms with Gasteiger partial charge in [0, 0.05) is 12.4 Å². The Bertz CT molecular complexity index is 123. The van der Waals surface area contributed by atoms with E-state index in [9.17, 15) is 0 Å². The van der Waals surface area contributed by atoms with E-state index in [-0.39, 0.29) is 0 Å². The van der Waals surface area contributed by atoms with Gasteiger partial charge >= 0.3 is 0 Å². The van der Waals surface area contributed by atoms with Crippen molar-refractivity contribution in [3.8, 4) is 0 Å². The van der Waals surface area contributed by atoms with Gasteiger partial charge in [0.05, 0.1) is 0 Å². The van der Waals surface area contributed by atoms with Gasteiger partial charge in [-0.25, -0.2) is 0 Å². The van der Waals surface area contributed by atoms with E-state index in [1.807, 2.05) is 19.1 Å². The largest absolute Gasteiger partial charge is 0.164 e. The molecule has 0 bridgehead atoms. The minimum Gasteiger partial charge on any atom is -0.164 e. The van der Waals surface area contributed by atoms with Crippen LogP contribution in [0.4, 0.5) is 0 Å². The number of nitrogens with zero attached hydrogens (tertiary/aromatic N) is 2. The molecule has 50 valence electrons. The molecule has 0 unspecified atom stereocenters. The summed E-state index contributed by atoms with van der Waals surface area (Å²) in [6, 6.07) is 0. The lowest BCUT2D eigenvalue weighted by atomic mass is 10.4. The standard InChI is InChI=1S/C7H12N2/c1-3-5-6-7-9-8-4-2/h4-7H,3H2,1-2H3/b6-5?,8-4+,9-7+. The van der Waals surface area contributed by atoms with Crippen molar-refractivity contribution >= 4 is 12.4 Å². The lowest BCUT2D eigenvalue weighted by Crippen LogP contribution is -1.62. The number of hydrogen-bond donors (Lipinski definition) is 0. The highest BCUT2D eigenvalue weighted by molar-refractivity contribution is 5.71. The smallest absolute Gasteiger partial charge is 0.0492 e. The molecule has 0 aliphatic carbocycles. The fourth-order valence-corrected chi connectivity index (χ4v) is 0.341. The van der Waals surface area contributed by atoms with E-state index in [1.54, 1.807) is 12.4 Å². The van der Waals surface area contributed by atoms with Crippen LogP contribution in [-0.4, -0.2) is 12.4 Å². The Labute approximate surface area is 56.0 Å². The average molecular weight is 124 g/mol. The molecule has 0 aromatic carbocycles. The average Bonchev–Trinajstić information content (AvgIpc) is 1.89. The molecule has 0 rings (SSSR count). The molecule has 9 heavy (non-hydrogen) atoms. The van der Waals surface area contributed by atoms with Crippen LogP contribution >= 0.6 is 0 Å². The van der Waals surface area contributed by atoms with E-state index in [0.717, 1.165) is 6.42 Å². The minimum absolute atomic E-state index is 1.04. The number of allylic oxidation sites excluding steroid dienone is 2. The molecule has 0 fully saturated rings. The van der Waals surface area contributed by atoms with Crippen molar-refractivity contribution < 1.29 is 0 Å². The molecule has 0 saturated heterocycles. The molecule has 0 spiro atoms. The molecular formula is C7H12N2. The van der Waals surface area contributed by atoms with Crippen LogP contribution in [-0.2, 0) is 0 Å². The van der Waals surface area contributed by atoms with Crippen LogP contribution in [0.3, 0.4) is 0 Å². The van der Waals surface area contributed by atoms with Crippen molar-refractivity contribution in [1.29, 1.82) is 0 Å². The van der Waals surface area contributed by atoms with E-state index >= 15 is 0 Å². The highest BCUT2D eigenvalue weighted by Crippen LogP contribution is 1.76.